The van der Waals surface area contributed by atoms with Crippen molar-refractivity contribution in [2.75, 3.05) is 5.73 Å². The van der Waals surface area contributed by atoms with E-state index in [1.165, 1.54) is 52.3 Å². The van der Waals surface area contributed by atoms with Crippen LogP contribution < -0.4 is 5.73 Å². The average Bonchev–Trinajstić information content (AvgIpc) is 4.11. The summed E-state index contributed by atoms with van der Waals surface area (Å²) in [6.07, 6.45) is 21.0. The first kappa shape index (κ1) is 47.5. The highest BCUT2D eigenvalue weighted by molar-refractivity contribution is 7.27. The third-order valence-corrected chi connectivity index (χ3v) is 15.8. The summed E-state index contributed by atoms with van der Waals surface area (Å²) in [7, 11) is 0. The van der Waals surface area contributed by atoms with Crippen molar-refractivity contribution in [1.29, 1.82) is 0 Å². The number of allylic oxidation sites excluding steroid dienone is 12. The van der Waals surface area contributed by atoms with Crippen LogP contribution in [0.5, 0.6) is 0 Å². The molecule has 11 aromatic rings. The van der Waals surface area contributed by atoms with Gasteiger partial charge in [0.05, 0.1) is 26.9 Å². The average molecular weight is 969 g/mol. The molecule has 4 aromatic heterocycles. The van der Waals surface area contributed by atoms with Crippen LogP contribution in [-0.4, -0.2) is 14.5 Å². The van der Waals surface area contributed by atoms with E-state index in [1.807, 2.05) is 80.7 Å². The minimum absolute atomic E-state index is 0.390. The second-order valence-corrected chi connectivity index (χ2v) is 20.0. The van der Waals surface area contributed by atoms with Crippen LogP contribution in [0.3, 0.4) is 0 Å². The maximum Gasteiger partial charge on any atom is 0.160 e. The zero-order chi connectivity index (χ0) is 49.7. The Morgan fingerprint density at radius 1 is 0.597 bits per heavy atom. The fourth-order valence-electron chi connectivity index (χ4n) is 9.50. The Balaban J connectivity index is 0.000000175. The maximum absolute atomic E-state index is 6.07. The van der Waals surface area contributed by atoms with Crippen LogP contribution >= 0.6 is 22.7 Å². The number of thiophene rings is 2. The molecule has 0 saturated carbocycles. The molecule has 4 nitrogen and oxygen atoms in total. The third kappa shape index (κ3) is 9.19. The molecule has 0 aliphatic heterocycles. The molecular formula is C66H56N4S2. The minimum Gasteiger partial charge on any atom is -0.399 e. The molecule has 0 fully saturated rings. The Morgan fingerprint density at radius 3 is 2.04 bits per heavy atom. The highest BCUT2D eigenvalue weighted by Crippen LogP contribution is 2.46. The van der Waals surface area contributed by atoms with Crippen molar-refractivity contribution in [2.24, 2.45) is 5.92 Å². The van der Waals surface area contributed by atoms with Gasteiger partial charge >= 0.3 is 0 Å². The van der Waals surface area contributed by atoms with Crippen molar-refractivity contribution in [2.45, 2.75) is 33.6 Å². The number of anilines is 1. The number of nitrogen functional groups attached to an aromatic ring is 1. The number of nitrogens with zero attached hydrogens (tertiary/aromatic N) is 3. The lowest BCUT2D eigenvalue weighted by atomic mass is 9.84. The van der Waals surface area contributed by atoms with E-state index >= 15 is 0 Å². The molecule has 0 saturated heterocycles. The van der Waals surface area contributed by atoms with Gasteiger partial charge in [0.1, 0.15) is 0 Å². The number of para-hydroxylation sites is 2. The van der Waals surface area contributed by atoms with Gasteiger partial charge in [0, 0.05) is 69.8 Å². The van der Waals surface area contributed by atoms with Gasteiger partial charge in [-0.1, -0.05) is 184 Å². The maximum atomic E-state index is 6.07. The Kier molecular flexibility index (Phi) is 13.9. The van der Waals surface area contributed by atoms with Gasteiger partial charge < -0.3 is 10.3 Å². The van der Waals surface area contributed by atoms with E-state index in [9.17, 15) is 0 Å². The van der Waals surface area contributed by atoms with Crippen molar-refractivity contribution in [1.82, 2.24) is 14.5 Å². The van der Waals surface area contributed by atoms with Crippen molar-refractivity contribution >= 4 is 96.9 Å². The van der Waals surface area contributed by atoms with Crippen LogP contribution in [0.4, 0.5) is 5.69 Å². The third-order valence-electron chi connectivity index (χ3n) is 13.3. The molecule has 72 heavy (non-hydrogen) atoms. The molecule has 1 aliphatic carbocycles. The summed E-state index contributed by atoms with van der Waals surface area (Å²) in [4.78, 5) is 11.9. The summed E-state index contributed by atoms with van der Waals surface area (Å²) in [5.41, 5.74) is 17.4. The Hall–Kier alpha value is -8.16. The molecule has 2 atom stereocenters. The van der Waals surface area contributed by atoms with E-state index < -0.39 is 0 Å². The molecule has 0 amide bonds. The van der Waals surface area contributed by atoms with Gasteiger partial charge in [0.15, 0.2) is 5.82 Å². The number of hydrogen-bond donors (Lipinski definition) is 1. The largest absolute Gasteiger partial charge is 0.399 e. The lowest BCUT2D eigenvalue weighted by Gasteiger charge is -2.21. The van der Waals surface area contributed by atoms with Crippen LogP contribution in [0.1, 0.15) is 44.1 Å². The topological polar surface area (TPSA) is 56.7 Å². The zero-order valence-electron chi connectivity index (χ0n) is 41.1. The smallest absolute Gasteiger partial charge is 0.160 e. The van der Waals surface area contributed by atoms with E-state index in [-0.39, 0.29) is 0 Å². The van der Waals surface area contributed by atoms with Crippen LogP contribution in [-0.2, 0) is 0 Å². The SMILES string of the molecule is C/C=C\C.C=C(/C=C\C=C/C)C(=C)c1c(C2C=CC=CC2C)sc2ccccc12.Nc1ccc(-c2nc(-c3ccc4c(c3)c3ccccc3n4-c3ccccc3)nc3c2sc2c4ccccc4ccc32)cc1. The second kappa shape index (κ2) is 21.1. The van der Waals surface area contributed by atoms with Crippen molar-refractivity contribution < 1.29 is 0 Å². The van der Waals surface area contributed by atoms with Gasteiger partial charge in [-0.3, -0.25) is 0 Å². The first-order valence-electron chi connectivity index (χ1n) is 24.5. The lowest BCUT2D eigenvalue weighted by molar-refractivity contribution is 0.644. The standard InChI is InChI=1S/C38H24N4S.C24H24S.C4H8/c39-26-18-14-24(15-19-26)34-37-35(30-20-16-23-8-4-5-11-28(23)36(30)43-37)41-38(40-34)25-17-21-33-31(22-25)29-12-6-7-13-32(29)42(33)27-9-2-1-3-10-27;1-5-6-7-12-17(2)19(4)23-21-15-10-11-16-22(21)25-24(23)20-14-9-8-13-18(20)3;1-3-4-2/h1-22H,39H2;5-16,18,20H,2,4H2,1,3H3;3-4H,1-2H3/b;6-5-,12-7-;4-3-. The minimum atomic E-state index is 0.390. The highest BCUT2D eigenvalue weighted by Gasteiger charge is 2.25. The number of rotatable bonds is 8. The molecule has 1 aliphatic rings. The summed E-state index contributed by atoms with van der Waals surface area (Å²) < 4.78 is 5.96. The Morgan fingerprint density at radius 2 is 1.28 bits per heavy atom. The van der Waals surface area contributed by atoms with E-state index in [4.69, 9.17) is 15.7 Å². The van der Waals surface area contributed by atoms with Crippen molar-refractivity contribution in [3.8, 4) is 28.3 Å². The van der Waals surface area contributed by atoms with Gasteiger partial charge in [-0.25, -0.2) is 9.97 Å². The van der Waals surface area contributed by atoms with E-state index in [1.54, 1.807) is 11.3 Å². The highest BCUT2D eigenvalue weighted by atomic mass is 32.1. The molecule has 352 valence electrons. The molecule has 0 bridgehead atoms. The summed E-state index contributed by atoms with van der Waals surface area (Å²) in [5.74, 6) is 1.59. The fourth-order valence-corrected chi connectivity index (χ4v) is 12.2. The molecule has 6 heteroatoms. The van der Waals surface area contributed by atoms with E-state index in [0.717, 1.165) is 60.5 Å². The van der Waals surface area contributed by atoms with E-state index in [2.05, 4.69) is 195 Å². The fraction of sp³-hybridized carbons (Fsp3) is 0.0909. The number of fused-ring (bicyclic) bond motifs is 9. The number of nitrogens with two attached hydrogens (primary N) is 1. The number of aromatic nitrogens is 3. The quantitative estimate of drug-likeness (QED) is 0.0938. The summed E-state index contributed by atoms with van der Waals surface area (Å²) in [6, 6.07) is 55.3. The predicted molar refractivity (Wildman–Crippen MR) is 317 cm³/mol. The molecule has 7 aromatic carbocycles. The van der Waals surface area contributed by atoms with Crippen LogP contribution in [0.25, 0.3) is 96.9 Å². The summed E-state index contributed by atoms with van der Waals surface area (Å²) in [5, 5.41) is 7.28. The molecule has 0 spiro atoms. The lowest BCUT2D eigenvalue weighted by Crippen LogP contribution is -2.07. The van der Waals surface area contributed by atoms with Gasteiger partial charge in [0.2, 0.25) is 0 Å². The Bertz CT molecular complexity index is 3960. The second-order valence-electron chi connectivity index (χ2n) is 17.9. The Labute approximate surface area is 430 Å². The van der Waals surface area contributed by atoms with Gasteiger partial charge in [-0.15, -0.1) is 22.7 Å². The molecule has 2 unspecified atom stereocenters. The number of hydrogen-bond acceptors (Lipinski definition) is 5. The van der Waals surface area contributed by atoms with Crippen molar-refractivity contribution in [3.63, 3.8) is 0 Å². The van der Waals surface area contributed by atoms with Crippen LogP contribution in [0.2, 0.25) is 0 Å². The van der Waals surface area contributed by atoms with Crippen molar-refractivity contribution in [3.05, 3.63) is 248 Å². The normalized spacial score (nSPS) is 14.6. The molecular weight excluding hydrogens is 913 g/mol. The summed E-state index contributed by atoms with van der Waals surface area (Å²) in [6.45, 7) is 16.9. The monoisotopic (exact) mass is 968 g/mol. The number of benzene rings is 7. The summed E-state index contributed by atoms with van der Waals surface area (Å²) >= 11 is 3.65. The molecule has 4 heterocycles. The van der Waals surface area contributed by atoms with Crippen LogP contribution in [0.15, 0.2) is 237 Å². The van der Waals surface area contributed by atoms with Gasteiger partial charge in [-0.2, -0.15) is 0 Å². The van der Waals surface area contributed by atoms with Gasteiger partial charge in [-0.05, 0) is 103 Å². The predicted octanol–water partition coefficient (Wildman–Crippen LogP) is 19.0. The zero-order valence-corrected chi connectivity index (χ0v) is 42.7. The van der Waals surface area contributed by atoms with Gasteiger partial charge in [0.25, 0.3) is 0 Å². The molecule has 2 N–H and O–H groups in total. The first-order valence-corrected chi connectivity index (χ1v) is 26.1. The van der Waals surface area contributed by atoms with Crippen LogP contribution in [0, 0.1) is 5.92 Å². The van der Waals surface area contributed by atoms with E-state index in [0.29, 0.717) is 17.7 Å². The molecule has 0 radical (unpaired) electrons. The first-order chi connectivity index (χ1) is 35.3. The molecule has 12 rings (SSSR count).